The van der Waals surface area contributed by atoms with Crippen LogP contribution in [-0.2, 0) is 18.7 Å². The van der Waals surface area contributed by atoms with Crippen LogP contribution in [0.15, 0.2) is 29.2 Å². The van der Waals surface area contributed by atoms with E-state index in [9.17, 15) is 13.0 Å². The van der Waals surface area contributed by atoms with Gasteiger partial charge in [0, 0.05) is 6.66 Å². The van der Waals surface area contributed by atoms with Crippen LogP contribution in [0, 0.1) is 6.92 Å². The minimum Gasteiger partial charge on any atom is -0.295 e. The van der Waals surface area contributed by atoms with Crippen LogP contribution in [0.4, 0.5) is 0 Å². The normalized spacial score (nSPS) is 13.9. The molecule has 0 fully saturated rings. The highest BCUT2D eigenvalue weighted by molar-refractivity contribution is 7.90. The van der Waals surface area contributed by atoms with Crippen molar-refractivity contribution in [3.63, 3.8) is 0 Å². The van der Waals surface area contributed by atoms with E-state index in [-0.39, 0.29) is 4.90 Å². The maximum Gasteiger partial charge on any atom is 0.302 e. The van der Waals surface area contributed by atoms with E-state index in [4.69, 9.17) is 0 Å². The van der Waals surface area contributed by atoms with Crippen LogP contribution >= 0.6 is 8.03 Å². The van der Waals surface area contributed by atoms with E-state index in [0.717, 1.165) is 5.56 Å². The van der Waals surface area contributed by atoms with Gasteiger partial charge in [0.2, 0.25) is 8.03 Å². The maximum absolute atomic E-state index is 11.4. The zero-order valence-electron chi connectivity index (χ0n) is 7.85. The van der Waals surface area contributed by atoms with Gasteiger partial charge in [0.25, 0.3) is 0 Å². The lowest BCUT2D eigenvalue weighted by atomic mass is 10.2. The Labute approximate surface area is 83.9 Å². The molecule has 4 nitrogen and oxygen atoms in total. The third-order valence-electron chi connectivity index (χ3n) is 1.54. The van der Waals surface area contributed by atoms with Gasteiger partial charge in [-0.15, -0.1) is 0 Å². The third-order valence-corrected chi connectivity index (χ3v) is 4.20. The first-order chi connectivity index (χ1) is 6.42. The van der Waals surface area contributed by atoms with Gasteiger partial charge in [-0.3, -0.25) is 4.57 Å². The minimum atomic E-state index is -3.84. The van der Waals surface area contributed by atoms with Gasteiger partial charge in [-0.25, -0.2) is 3.97 Å². The molecule has 0 heterocycles. The van der Waals surface area contributed by atoms with Gasteiger partial charge in [0.05, 0.1) is 4.90 Å². The highest BCUT2D eigenvalue weighted by Crippen LogP contribution is 2.25. The smallest absolute Gasteiger partial charge is 0.295 e. The van der Waals surface area contributed by atoms with Crippen molar-refractivity contribution in [2.24, 2.45) is 0 Å². The first-order valence-corrected chi connectivity index (χ1v) is 7.16. The van der Waals surface area contributed by atoms with Crippen LogP contribution in [0.2, 0.25) is 0 Å². The van der Waals surface area contributed by atoms with Crippen LogP contribution in [0.25, 0.3) is 0 Å². The van der Waals surface area contributed by atoms with Gasteiger partial charge in [-0.1, -0.05) is 17.7 Å². The molecule has 1 aromatic carbocycles. The number of aryl methyl sites for hydroxylation is 1. The molecule has 0 saturated carbocycles. The molecule has 0 saturated heterocycles. The van der Waals surface area contributed by atoms with Crippen molar-refractivity contribution in [1.29, 1.82) is 0 Å². The van der Waals surface area contributed by atoms with E-state index in [1.54, 1.807) is 12.1 Å². The van der Waals surface area contributed by atoms with E-state index < -0.39 is 18.1 Å². The van der Waals surface area contributed by atoms with Crippen LogP contribution in [0.3, 0.4) is 0 Å². The van der Waals surface area contributed by atoms with Crippen LogP contribution in [0.5, 0.6) is 0 Å². The maximum atomic E-state index is 11.4. The highest BCUT2D eigenvalue weighted by atomic mass is 32.2. The lowest BCUT2D eigenvalue weighted by molar-refractivity contribution is 0.478. The second-order valence-electron chi connectivity index (χ2n) is 2.84. The van der Waals surface area contributed by atoms with Crippen LogP contribution < -0.4 is 0 Å². The van der Waals surface area contributed by atoms with Crippen molar-refractivity contribution < 1.29 is 17.0 Å². The summed E-state index contributed by atoms with van der Waals surface area (Å²) in [6.45, 7) is 3.08. The van der Waals surface area contributed by atoms with E-state index in [0.29, 0.717) is 0 Å². The third kappa shape index (κ3) is 2.94. The monoisotopic (exact) mass is 234 g/mol. The van der Waals surface area contributed by atoms with Gasteiger partial charge in [0.1, 0.15) is 0 Å². The molecule has 1 aromatic rings. The second-order valence-corrected chi connectivity index (χ2v) is 5.87. The molecule has 6 heteroatoms. The topological polar surface area (TPSA) is 60.4 Å². The Morgan fingerprint density at radius 1 is 1.21 bits per heavy atom. The summed E-state index contributed by atoms with van der Waals surface area (Å²) in [4.78, 5) is 0.0308. The summed E-state index contributed by atoms with van der Waals surface area (Å²) in [5.74, 6) is 0. The molecule has 78 valence electrons. The Morgan fingerprint density at radius 3 is 2.14 bits per heavy atom. The molecule has 1 unspecified atom stereocenters. The fraction of sp³-hybridized carbons (Fsp3) is 0.250. The largest absolute Gasteiger partial charge is 0.302 e. The molecule has 0 aromatic heterocycles. The summed E-state index contributed by atoms with van der Waals surface area (Å²) in [7, 11) is -6.33. The first kappa shape index (κ1) is 11.4. The Hall–Kier alpha value is -0.640. The van der Waals surface area contributed by atoms with Crippen LogP contribution in [0.1, 0.15) is 5.56 Å². The SMILES string of the molecule is Cc1ccc(S(=O)(=O)O[PH](C)=O)cc1. The lowest BCUT2D eigenvalue weighted by Gasteiger charge is -2.02. The zero-order valence-corrected chi connectivity index (χ0v) is 9.67. The molecule has 0 radical (unpaired) electrons. The van der Waals surface area contributed by atoms with E-state index in [2.05, 4.69) is 3.97 Å². The van der Waals surface area contributed by atoms with Crippen molar-refractivity contribution in [3.8, 4) is 0 Å². The summed E-state index contributed by atoms with van der Waals surface area (Å²) in [6, 6.07) is 6.16. The van der Waals surface area contributed by atoms with Gasteiger partial charge < -0.3 is 0 Å². The van der Waals surface area contributed by atoms with Crippen molar-refractivity contribution in [2.45, 2.75) is 11.8 Å². The average Bonchev–Trinajstić information content (AvgIpc) is 2.02. The van der Waals surface area contributed by atoms with Gasteiger partial charge in [-0.05, 0) is 19.1 Å². The molecule has 0 spiro atoms. The molecule has 0 amide bonds. The van der Waals surface area contributed by atoms with Crippen molar-refractivity contribution >= 4 is 18.1 Å². The molecule has 0 aliphatic rings. The van der Waals surface area contributed by atoms with E-state index >= 15 is 0 Å². The highest BCUT2D eigenvalue weighted by Gasteiger charge is 2.15. The van der Waals surface area contributed by atoms with Crippen molar-refractivity contribution in [1.82, 2.24) is 0 Å². The summed E-state index contributed by atoms with van der Waals surface area (Å²) in [5, 5.41) is 0. The fourth-order valence-corrected chi connectivity index (χ4v) is 3.00. The predicted octanol–water partition coefficient (Wildman–Crippen LogP) is 1.80. The van der Waals surface area contributed by atoms with Gasteiger partial charge >= 0.3 is 10.1 Å². The molecule has 0 aliphatic carbocycles. The Kier molecular flexibility index (Phi) is 3.48. The Bertz CT molecular complexity index is 435. The van der Waals surface area contributed by atoms with Gasteiger partial charge in [-0.2, -0.15) is 8.42 Å². The molecule has 1 atom stereocenters. The Morgan fingerprint density at radius 2 is 1.71 bits per heavy atom. The van der Waals surface area contributed by atoms with Crippen molar-refractivity contribution in [2.75, 3.05) is 6.66 Å². The second kappa shape index (κ2) is 4.26. The molecule has 14 heavy (non-hydrogen) atoms. The standard InChI is InChI=1S/C8H11O4PS/c1-7-3-5-8(6-4-7)14(10,11)12-13(2)9/h3-6,13H,1-2H3. The molecule has 0 bridgehead atoms. The van der Waals surface area contributed by atoms with Crippen molar-refractivity contribution in [3.05, 3.63) is 29.8 Å². The number of hydrogen-bond donors (Lipinski definition) is 0. The predicted molar refractivity (Wildman–Crippen MR) is 54.4 cm³/mol. The number of benzene rings is 1. The quantitative estimate of drug-likeness (QED) is 0.748. The van der Waals surface area contributed by atoms with E-state index in [1.807, 2.05) is 6.92 Å². The molecular weight excluding hydrogens is 223 g/mol. The Balaban J connectivity index is 3.05. The summed E-state index contributed by atoms with van der Waals surface area (Å²) >= 11 is 0. The summed E-state index contributed by atoms with van der Waals surface area (Å²) in [6.07, 6.45) is 0. The molecule has 0 N–H and O–H groups in total. The molecule has 0 aliphatic heterocycles. The fourth-order valence-electron chi connectivity index (χ4n) is 0.908. The lowest BCUT2D eigenvalue weighted by Crippen LogP contribution is -2.00. The summed E-state index contributed by atoms with van der Waals surface area (Å²) in [5.41, 5.74) is 0.952. The average molecular weight is 234 g/mol. The first-order valence-electron chi connectivity index (χ1n) is 3.93. The van der Waals surface area contributed by atoms with Gasteiger partial charge in [0.15, 0.2) is 0 Å². The van der Waals surface area contributed by atoms with Crippen LogP contribution in [-0.4, -0.2) is 15.1 Å². The van der Waals surface area contributed by atoms with E-state index in [1.165, 1.54) is 18.8 Å². The molecular formula is C8H11O4PS. The minimum absolute atomic E-state index is 0.0308. The summed E-state index contributed by atoms with van der Waals surface area (Å²) < 4.78 is 37.8. The zero-order chi connectivity index (χ0) is 10.8. The number of hydrogen-bond acceptors (Lipinski definition) is 4. The number of rotatable bonds is 3. The molecule has 1 rings (SSSR count).